The maximum atomic E-state index is 11.5. The summed E-state index contributed by atoms with van der Waals surface area (Å²) in [5.41, 5.74) is 10.4. The van der Waals surface area contributed by atoms with Gasteiger partial charge in [-0.15, -0.1) is 0 Å². The van der Waals surface area contributed by atoms with Gasteiger partial charge in [-0.2, -0.15) is 0 Å². The van der Waals surface area contributed by atoms with Gasteiger partial charge in [-0.05, 0) is 47.4 Å². The van der Waals surface area contributed by atoms with Crippen LogP contribution in [-0.2, 0) is 13.0 Å². The second-order valence-electron chi connectivity index (χ2n) is 4.70. The van der Waals surface area contributed by atoms with Gasteiger partial charge in [0.05, 0.1) is 5.56 Å². The molecule has 0 spiro atoms. The summed E-state index contributed by atoms with van der Waals surface area (Å²) in [6.45, 7) is 1.90. The van der Waals surface area contributed by atoms with Crippen LogP contribution in [0.1, 0.15) is 21.5 Å². The van der Waals surface area contributed by atoms with Crippen molar-refractivity contribution >= 4 is 5.91 Å². The van der Waals surface area contributed by atoms with E-state index in [1.807, 2.05) is 12.1 Å². The summed E-state index contributed by atoms with van der Waals surface area (Å²) >= 11 is 0. The van der Waals surface area contributed by atoms with Crippen molar-refractivity contribution in [2.45, 2.75) is 13.0 Å². The van der Waals surface area contributed by atoms with E-state index < -0.39 is 5.91 Å². The van der Waals surface area contributed by atoms with Gasteiger partial charge in [-0.25, -0.2) is 0 Å². The van der Waals surface area contributed by atoms with Gasteiger partial charge in [0, 0.05) is 18.9 Å². The summed E-state index contributed by atoms with van der Waals surface area (Å²) in [5.74, 6) is -0.445. The van der Waals surface area contributed by atoms with Crippen LogP contribution < -0.4 is 11.1 Å². The Hall–Kier alpha value is -2.20. The van der Waals surface area contributed by atoms with Crippen LogP contribution in [0.5, 0.6) is 0 Å². The van der Waals surface area contributed by atoms with Crippen LogP contribution in [0.15, 0.2) is 36.7 Å². The molecular weight excluding hydrogens is 238 g/mol. The SMILES string of the molecule is NC(=O)c1cnccc1-c1ccc2c(c1)CNCC2. The van der Waals surface area contributed by atoms with Gasteiger partial charge >= 0.3 is 0 Å². The first kappa shape index (κ1) is 11.9. The molecule has 1 aliphatic rings. The van der Waals surface area contributed by atoms with Gasteiger partial charge in [0.15, 0.2) is 0 Å². The van der Waals surface area contributed by atoms with Gasteiger partial charge in [0.2, 0.25) is 0 Å². The second-order valence-corrected chi connectivity index (χ2v) is 4.70. The number of primary amides is 1. The van der Waals surface area contributed by atoms with Crippen molar-refractivity contribution in [2.24, 2.45) is 5.73 Å². The number of benzene rings is 1. The van der Waals surface area contributed by atoms with Crippen molar-refractivity contribution in [3.8, 4) is 11.1 Å². The van der Waals surface area contributed by atoms with Crippen LogP contribution in [0.2, 0.25) is 0 Å². The molecule has 4 heteroatoms. The highest BCUT2D eigenvalue weighted by molar-refractivity contribution is 5.99. The van der Waals surface area contributed by atoms with Crippen molar-refractivity contribution in [3.63, 3.8) is 0 Å². The van der Waals surface area contributed by atoms with Crippen LogP contribution in [-0.4, -0.2) is 17.4 Å². The highest BCUT2D eigenvalue weighted by Crippen LogP contribution is 2.26. The summed E-state index contributed by atoms with van der Waals surface area (Å²) in [6.07, 6.45) is 4.25. The number of carbonyl (C=O) groups is 1. The van der Waals surface area contributed by atoms with E-state index >= 15 is 0 Å². The fraction of sp³-hybridized carbons (Fsp3) is 0.200. The zero-order chi connectivity index (χ0) is 13.2. The number of nitrogens with two attached hydrogens (primary N) is 1. The van der Waals surface area contributed by atoms with Gasteiger partial charge < -0.3 is 11.1 Å². The molecule has 3 rings (SSSR count). The Balaban J connectivity index is 2.10. The standard InChI is InChI=1S/C15H15N3O/c16-15(19)14-9-18-6-4-13(14)11-2-1-10-3-5-17-8-12(10)7-11/h1-2,4,6-7,9,17H,3,5,8H2,(H2,16,19). The van der Waals surface area contributed by atoms with E-state index in [1.165, 1.54) is 17.3 Å². The number of hydrogen-bond acceptors (Lipinski definition) is 3. The Bertz CT molecular complexity index is 637. The smallest absolute Gasteiger partial charge is 0.250 e. The normalized spacial score (nSPS) is 13.9. The number of amides is 1. The molecule has 0 bridgehead atoms. The first-order chi connectivity index (χ1) is 9.25. The molecule has 0 saturated heterocycles. The number of fused-ring (bicyclic) bond motifs is 1. The third-order valence-electron chi connectivity index (χ3n) is 3.49. The topological polar surface area (TPSA) is 68.0 Å². The van der Waals surface area contributed by atoms with E-state index in [0.29, 0.717) is 5.56 Å². The average Bonchev–Trinajstić information content (AvgIpc) is 2.46. The molecule has 0 unspecified atom stereocenters. The van der Waals surface area contributed by atoms with Crippen molar-refractivity contribution < 1.29 is 4.79 Å². The van der Waals surface area contributed by atoms with E-state index in [2.05, 4.69) is 22.4 Å². The summed E-state index contributed by atoms with van der Waals surface area (Å²) in [7, 11) is 0. The van der Waals surface area contributed by atoms with Crippen LogP contribution in [0.25, 0.3) is 11.1 Å². The Morgan fingerprint density at radius 1 is 1.26 bits per heavy atom. The van der Waals surface area contributed by atoms with E-state index in [4.69, 9.17) is 5.73 Å². The molecule has 0 saturated carbocycles. The zero-order valence-corrected chi connectivity index (χ0v) is 10.5. The van der Waals surface area contributed by atoms with E-state index in [-0.39, 0.29) is 0 Å². The van der Waals surface area contributed by atoms with E-state index in [1.54, 1.807) is 6.20 Å². The Labute approximate surface area is 111 Å². The molecule has 1 aromatic heterocycles. The highest BCUT2D eigenvalue weighted by Gasteiger charge is 2.13. The molecule has 0 aliphatic carbocycles. The van der Waals surface area contributed by atoms with Crippen molar-refractivity contribution in [1.82, 2.24) is 10.3 Å². The molecule has 0 radical (unpaired) electrons. The lowest BCUT2D eigenvalue weighted by molar-refractivity contribution is 0.100. The minimum Gasteiger partial charge on any atom is -0.366 e. The first-order valence-corrected chi connectivity index (χ1v) is 6.32. The van der Waals surface area contributed by atoms with Crippen molar-refractivity contribution in [1.29, 1.82) is 0 Å². The third-order valence-corrected chi connectivity index (χ3v) is 3.49. The molecule has 1 amide bonds. The van der Waals surface area contributed by atoms with E-state index in [0.717, 1.165) is 30.6 Å². The van der Waals surface area contributed by atoms with Crippen molar-refractivity contribution in [3.05, 3.63) is 53.3 Å². The third kappa shape index (κ3) is 2.22. The monoisotopic (exact) mass is 253 g/mol. The van der Waals surface area contributed by atoms with Gasteiger partial charge in [-0.3, -0.25) is 9.78 Å². The molecule has 3 N–H and O–H groups in total. The van der Waals surface area contributed by atoms with Crippen LogP contribution in [0, 0.1) is 0 Å². The summed E-state index contributed by atoms with van der Waals surface area (Å²) in [6, 6.07) is 8.14. The molecule has 1 aromatic carbocycles. The van der Waals surface area contributed by atoms with Crippen molar-refractivity contribution in [2.75, 3.05) is 6.54 Å². The summed E-state index contributed by atoms with van der Waals surface area (Å²) < 4.78 is 0. The fourth-order valence-corrected chi connectivity index (χ4v) is 2.49. The quantitative estimate of drug-likeness (QED) is 0.852. The lowest BCUT2D eigenvalue weighted by Gasteiger charge is -2.18. The predicted molar refractivity (Wildman–Crippen MR) is 73.6 cm³/mol. The number of aromatic nitrogens is 1. The average molecular weight is 253 g/mol. The summed E-state index contributed by atoms with van der Waals surface area (Å²) in [5, 5.41) is 3.35. The largest absolute Gasteiger partial charge is 0.366 e. The molecule has 2 heterocycles. The number of hydrogen-bond donors (Lipinski definition) is 2. The molecule has 19 heavy (non-hydrogen) atoms. The highest BCUT2D eigenvalue weighted by atomic mass is 16.1. The van der Waals surface area contributed by atoms with Crippen LogP contribution >= 0.6 is 0 Å². The molecule has 0 fully saturated rings. The number of nitrogens with zero attached hydrogens (tertiary/aromatic N) is 1. The molecular formula is C15H15N3O. The summed E-state index contributed by atoms with van der Waals surface area (Å²) in [4.78, 5) is 15.4. The zero-order valence-electron chi connectivity index (χ0n) is 10.5. The number of rotatable bonds is 2. The van der Waals surface area contributed by atoms with Gasteiger partial charge in [0.1, 0.15) is 0 Å². The Kier molecular flexibility index (Phi) is 3.01. The lowest BCUT2D eigenvalue weighted by Crippen LogP contribution is -2.23. The lowest BCUT2D eigenvalue weighted by atomic mass is 9.94. The fourth-order valence-electron chi connectivity index (χ4n) is 2.49. The second kappa shape index (κ2) is 4.82. The minimum absolute atomic E-state index is 0.445. The molecule has 2 aromatic rings. The Morgan fingerprint density at radius 3 is 3.00 bits per heavy atom. The molecule has 96 valence electrons. The predicted octanol–water partition coefficient (Wildman–Crippen LogP) is 1.49. The molecule has 4 nitrogen and oxygen atoms in total. The van der Waals surface area contributed by atoms with Crippen LogP contribution in [0.3, 0.4) is 0 Å². The first-order valence-electron chi connectivity index (χ1n) is 6.32. The molecule has 1 aliphatic heterocycles. The number of pyridine rings is 1. The number of carbonyl (C=O) groups excluding carboxylic acids is 1. The maximum absolute atomic E-state index is 11.5. The van der Waals surface area contributed by atoms with E-state index in [9.17, 15) is 4.79 Å². The van der Waals surface area contributed by atoms with Gasteiger partial charge in [0.25, 0.3) is 5.91 Å². The minimum atomic E-state index is -0.445. The number of nitrogens with one attached hydrogen (secondary N) is 1. The Morgan fingerprint density at radius 2 is 2.16 bits per heavy atom. The van der Waals surface area contributed by atoms with Gasteiger partial charge in [-0.1, -0.05) is 12.1 Å². The molecule has 0 atom stereocenters. The van der Waals surface area contributed by atoms with Crippen LogP contribution in [0.4, 0.5) is 0 Å². The maximum Gasteiger partial charge on any atom is 0.250 e.